The third kappa shape index (κ3) is 11.7. The zero-order valence-corrected chi connectivity index (χ0v) is 11.6. The SMILES string of the molecule is C1=CCCCC=CC1.C1=CCCCC=CC1.[Ni]. The van der Waals surface area contributed by atoms with Crippen molar-refractivity contribution in [3.05, 3.63) is 48.6 Å². The van der Waals surface area contributed by atoms with E-state index in [4.69, 9.17) is 0 Å². The van der Waals surface area contributed by atoms with E-state index in [0.717, 1.165) is 12.8 Å². The smallest absolute Gasteiger partial charge is 0 e. The zero-order chi connectivity index (χ0) is 11.3. The van der Waals surface area contributed by atoms with E-state index in [1.807, 2.05) is 0 Å². The predicted octanol–water partition coefficient (Wildman–Crippen LogP) is 5.34. The van der Waals surface area contributed by atoms with Crippen molar-refractivity contribution in [1.29, 1.82) is 0 Å². The molecule has 1 heteroatoms. The van der Waals surface area contributed by atoms with Gasteiger partial charge in [-0.15, -0.1) is 0 Å². The van der Waals surface area contributed by atoms with E-state index in [0.29, 0.717) is 0 Å². The van der Waals surface area contributed by atoms with Gasteiger partial charge in [-0.1, -0.05) is 48.6 Å². The maximum atomic E-state index is 2.27. The van der Waals surface area contributed by atoms with Gasteiger partial charge in [0.25, 0.3) is 0 Å². The monoisotopic (exact) mass is 274 g/mol. The van der Waals surface area contributed by atoms with Gasteiger partial charge in [0.1, 0.15) is 0 Å². The molecule has 2 aliphatic carbocycles. The maximum Gasteiger partial charge on any atom is 0 e. The van der Waals surface area contributed by atoms with Crippen molar-refractivity contribution >= 4 is 0 Å². The maximum absolute atomic E-state index is 2.27. The Morgan fingerprint density at radius 1 is 0.412 bits per heavy atom. The van der Waals surface area contributed by atoms with Gasteiger partial charge in [-0.2, -0.15) is 0 Å². The van der Waals surface area contributed by atoms with Crippen molar-refractivity contribution in [2.45, 2.75) is 51.4 Å². The molecule has 2 rings (SSSR count). The Morgan fingerprint density at radius 3 is 1.00 bits per heavy atom. The molecule has 0 aromatic rings. The van der Waals surface area contributed by atoms with Gasteiger partial charge in [-0.25, -0.2) is 0 Å². The Hall–Kier alpha value is -0.546. The summed E-state index contributed by atoms with van der Waals surface area (Å²) >= 11 is 0. The molecule has 0 fully saturated rings. The van der Waals surface area contributed by atoms with Gasteiger partial charge in [0, 0.05) is 16.5 Å². The topological polar surface area (TPSA) is 0 Å². The standard InChI is InChI=1S/2C8H12.Ni/c2*1-2-4-6-8-7-5-3-1;/h2*1-2,5,7H,3-4,6,8H2;. The van der Waals surface area contributed by atoms with E-state index in [1.165, 1.54) is 38.5 Å². The fraction of sp³-hybridized carbons (Fsp3) is 0.500. The fourth-order valence-corrected chi connectivity index (χ4v) is 1.72. The molecular formula is C16H24Ni. The van der Waals surface area contributed by atoms with E-state index in [1.54, 1.807) is 0 Å². The van der Waals surface area contributed by atoms with Gasteiger partial charge in [0.2, 0.25) is 0 Å². The third-order valence-electron chi connectivity index (χ3n) is 2.69. The van der Waals surface area contributed by atoms with E-state index in [2.05, 4.69) is 48.6 Å². The molecule has 0 saturated carbocycles. The molecule has 0 aliphatic heterocycles. The van der Waals surface area contributed by atoms with E-state index < -0.39 is 0 Å². The summed E-state index contributed by atoms with van der Waals surface area (Å²) in [4.78, 5) is 0. The first-order chi connectivity index (χ1) is 8.00. The first-order valence-electron chi connectivity index (χ1n) is 6.60. The van der Waals surface area contributed by atoms with Crippen LogP contribution in [0.25, 0.3) is 0 Å². The second kappa shape index (κ2) is 13.5. The number of allylic oxidation sites excluding steroid dienone is 8. The Kier molecular flexibility index (Phi) is 13.1. The van der Waals surface area contributed by atoms with Crippen molar-refractivity contribution in [2.75, 3.05) is 0 Å². The minimum absolute atomic E-state index is 0. The molecular weight excluding hydrogens is 251 g/mol. The summed E-state index contributed by atoms with van der Waals surface area (Å²) in [6.07, 6.45) is 28.0. The average Bonchev–Trinajstić information content (AvgIpc) is 2.15. The number of hydrogen-bond acceptors (Lipinski definition) is 0. The fourth-order valence-electron chi connectivity index (χ4n) is 1.72. The van der Waals surface area contributed by atoms with Crippen LogP contribution in [0.15, 0.2) is 48.6 Å². The molecule has 0 unspecified atom stereocenters. The van der Waals surface area contributed by atoms with Crippen molar-refractivity contribution in [3.63, 3.8) is 0 Å². The summed E-state index contributed by atoms with van der Waals surface area (Å²) in [5.74, 6) is 0. The molecule has 0 radical (unpaired) electrons. The van der Waals surface area contributed by atoms with Crippen molar-refractivity contribution in [3.8, 4) is 0 Å². The molecule has 0 bridgehead atoms. The van der Waals surface area contributed by atoms with Crippen molar-refractivity contribution < 1.29 is 16.5 Å². The van der Waals surface area contributed by atoms with Crippen molar-refractivity contribution in [2.24, 2.45) is 0 Å². The predicted molar refractivity (Wildman–Crippen MR) is 73.5 cm³/mol. The van der Waals surface area contributed by atoms with E-state index >= 15 is 0 Å². The molecule has 0 atom stereocenters. The number of rotatable bonds is 0. The van der Waals surface area contributed by atoms with E-state index in [9.17, 15) is 0 Å². The zero-order valence-electron chi connectivity index (χ0n) is 10.6. The molecule has 0 nitrogen and oxygen atoms in total. The molecule has 0 N–H and O–H groups in total. The average molecular weight is 275 g/mol. The van der Waals surface area contributed by atoms with Crippen LogP contribution in [0.3, 0.4) is 0 Å². The molecule has 0 saturated heterocycles. The molecule has 0 spiro atoms. The van der Waals surface area contributed by atoms with Crippen LogP contribution in [-0.2, 0) is 16.5 Å². The van der Waals surface area contributed by atoms with Crippen molar-refractivity contribution in [1.82, 2.24) is 0 Å². The molecule has 2 aliphatic rings. The second-order valence-electron chi connectivity index (χ2n) is 4.22. The van der Waals surface area contributed by atoms with Crippen LogP contribution < -0.4 is 0 Å². The van der Waals surface area contributed by atoms with Gasteiger partial charge >= 0.3 is 0 Å². The molecule has 0 aromatic heterocycles. The quantitative estimate of drug-likeness (QED) is 0.413. The molecule has 98 valence electrons. The Labute approximate surface area is 116 Å². The van der Waals surface area contributed by atoms with E-state index in [-0.39, 0.29) is 16.5 Å². The summed E-state index contributed by atoms with van der Waals surface area (Å²) in [6.45, 7) is 0. The van der Waals surface area contributed by atoms with Gasteiger partial charge in [0.15, 0.2) is 0 Å². The van der Waals surface area contributed by atoms with Crippen LogP contribution in [0.2, 0.25) is 0 Å². The minimum atomic E-state index is 0. The third-order valence-corrected chi connectivity index (χ3v) is 2.69. The summed E-state index contributed by atoms with van der Waals surface area (Å²) in [5.41, 5.74) is 0. The number of hydrogen-bond donors (Lipinski definition) is 0. The molecule has 0 amide bonds. The Balaban J connectivity index is 0.000000284. The van der Waals surface area contributed by atoms with Crippen LogP contribution in [-0.4, -0.2) is 0 Å². The summed E-state index contributed by atoms with van der Waals surface area (Å²) in [6, 6.07) is 0. The summed E-state index contributed by atoms with van der Waals surface area (Å²) < 4.78 is 0. The van der Waals surface area contributed by atoms with Crippen LogP contribution in [0.1, 0.15) is 51.4 Å². The first-order valence-corrected chi connectivity index (χ1v) is 6.60. The van der Waals surface area contributed by atoms with Gasteiger partial charge < -0.3 is 0 Å². The van der Waals surface area contributed by atoms with Crippen LogP contribution in [0, 0.1) is 0 Å². The van der Waals surface area contributed by atoms with Crippen LogP contribution in [0.4, 0.5) is 0 Å². The Bertz CT molecular complexity index is 207. The van der Waals surface area contributed by atoms with Crippen LogP contribution in [0.5, 0.6) is 0 Å². The molecule has 17 heavy (non-hydrogen) atoms. The second-order valence-corrected chi connectivity index (χ2v) is 4.22. The first kappa shape index (κ1) is 16.5. The van der Waals surface area contributed by atoms with Gasteiger partial charge in [-0.3, -0.25) is 0 Å². The van der Waals surface area contributed by atoms with Gasteiger partial charge in [-0.05, 0) is 51.4 Å². The summed E-state index contributed by atoms with van der Waals surface area (Å²) in [7, 11) is 0. The Morgan fingerprint density at radius 2 is 0.706 bits per heavy atom. The minimum Gasteiger partial charge on any atom is -0.0882 e. The largest absolute Gasteiger partial charge is 0.0882 e. The van der Waals surface area contributed by atoms with Gasteiger partial charge in [0.05, 0.1) is 0 Å². The molecule has 0 heterocycles. The summed E-state index contributed by atoms with van der Waals surface area (Å²) in [5, 5.41) is 0. The van der Waals surface area contributed by atoms with Crippen LogP contribution >= 0.6 is 0 Å². The molecule has 0 aromatic carbocycles. The normalized spacial score (nSPS) is 18.8.